The van der Waals surface area contributed by atoms with Crippen molar-refractivity contribution < 1.29 is 9.32 Å². The summed E-state index contributed by atoms with van der Waals surface area (Å²) in [7, 11) is 0. The number of rotatable bonds is 6. The molecule has 90 valence electrons. The van der Waals surface area contributed by atoms with Gasteiger partial charge in [-0.15, -0.1) is 0 Å². The van der Waals surface area contributed by atoms with E-state index in [4.69, 9.17) is 10.3 Å². The highest BCUT2D eigenvalue weighted by molar-refractivity contribution is 7.98. The fourth-order valence-electron chi connectivity index (χ4n) is 1.19. The maximum absolute atomic E-state index is 11.5. The molecule has 1 rings (SSSR count). The van der Waals surface area contributed by atoms with Crippen LogP contribution < -0.4 is 11.1 Å². The van der Waals surface area contributed by atoms with Gasteiger partial charge in [0, 0.05) is 6.07 Å². The van der Waals surface area contributed by atoms with Gasteiger partial charge in [-0.1, -0.05) is 5.16 Å². The van der Waals surface area contributed by atoms with Crippen LogP contribution in [-0.2, 0) is 11.3 Å². The molecular weight excluding hydrogens is 226 g/mol. The molecule has 0 radical (unpaired) electrons. The Hall–Kier alpha value is -1.01. The third kappa shape index (κ3) is 4.24. The number of carbonyl (C=O) groups excluding carboxylic acids is 1. The first kappa shape index (κ1) is 13.1. The highest BCUT2D eigenvalue weighted by Crippen LogP contribution is 2.02. The lowest BCUT2D eigenvalue weighted by Crippen LogP contribution is -2.40. The maximum Gasteiger partial charge on any atom is 0.237 e. The zero-order valence-electron chi connectivity index (χ0n) is 9.53. The first-order chi connectivity index (χ1) is 7.63. The first-order valence-electron chi connectivity index (χ1n) is 5.08. The number of carbonyl (C=O) groups is 1. The van der Waals surface area contributed by atoms with Crippen molar-refractivity contribution in [3.05, 3.63) is 17.5 Å². The summed E-state index contributed by atoms with van der Waals surface area (Å²) >= 11 is 1.68. The van der Waals surface area contributed by atoms with E-state index in [9.17, 15) is 4.79 Å². The van der Waals surface area contributed by atoms with Crippen LogP contribution in [0, 0.1) is 6.92 Å². The number of thioether (sulfide) groups is 1. The van der Waals surface area contributed by atoms with Gasteiger partial charge in [-0.3, -0.25) is 4.79 Å². The summed E-state index contributed by atoms with van der Waals surface area (Å²) in [5.41, 5.74) is 6.41. The molecule has 0 spiro atoms. The van der Waals surface area contributed by atoms with Gasteiger partial charge in [-0.2, -0.15) is 11.8 Å². The molecule has 1 heterocycles. The summed E-state index contributed by atoms with van der Waals surface area (Å²) in [6.45, 7) is 2.17. The second-order valence-corrected chi connectivity index (χ2v) is 4.52. The van der Waals surface area contributed by atoms with Crippen molar-refractivity contribution in [1.82, 2.24) is 10.5 Å². The molecule has 0 aliphatic rings. The van der Waals surface area contributed by atoms with E-state index in [-0.39, 0.29) is 5.91 Å². The smallest absolute Gasteiger partial charge is 0.237 e. The van der Waals surface area contributed by atoms with Crippen LogP contribution in [0.25, 0.3) is 0 Å². The summed E-state index contributed by atoms with van der Waals surface area (Å²) in [6, 6.07) is 1.34. The van der Waals surface area contributed by atoms with Gasteiger partial charge in [0.25, 0.3) is 0 Å². The largest absolute Gasteiger partial charge is 0.361 e. The highest BCUT2D eigenvalue weighted by Gasteiger charge is 2.12. The molecule has 0 fully saturated rings. The summed E-state index contributed by atoms with van der Waals surface area (Å²) in [5.74, 6) is 1.48. The molecule has 0 aliphatic carbocycles. The molecule has 1 aromatic rings. The van der Waals surface area contributed by atoms with E-state index in [0.717, 1.165) is 11.5 Å². The molecule has 0 unspecified atom stereocenters. The van der Waals surface area contributed by atoms with Crippen LogP contribution in [0.4, 0.5) is 0 Å². The van der Waals surface area contributed by atoms with E-state index in [1.54, 1.807) is 17.8 Å². The van der Waals surface area contributed by atoms with Crippen molar-refractivity contribution in [2.75, 3.05) is 12.0 Å². The Morgan fingerprint density at radius 2 is 2.50 bits per heavy atom. The number of hydrogen-bond donors (Lipinski definition) is 2. The molecule has 3 N–H and O–H groups in total. The monoisotopic (exact) mass is 243 g/mol. The number of nitrogens with two attached hydrogens (primary N) is 1. The van der Waals surface area contributed by atoms with Crippen molar-refractivity contribution in [1.29, 1.82) is 0 Å². The molecule has 16 heavy (non-hydrogen) atoms. The summed E-state index contributed by atoms with van der Waals surface area (Å²) < 4.78 is 4.89. The van der Waals surface area contributed by atoms with Crippen LogP contribution >= 0.6 is 11.8 Å². The Balaban J connectivity index is 2.29. The lowest BCUT2D eigenvalue weighted by molar-refractivity contribution is -0.122. The average Bonchev–Trinajstić information content (AvgIpc) is 2.68. The Bertz CT molecular complexity index is 341. The van der Waals surface area contributed by atoms with Crippen molar-refractivity contribution in [2.45, 2.75) is 25.9 Å². The van der Waals surface area contributed by atoms with Crippen LogP contribution in [-0.4, -0.2) is 29.1 Å². The topological polar surface area (TPSA) is 81.2 Å². The van der Waals surface area contributed by atoms with E-state index in [2.05, 4.69) is 10.5 Å². The standard InChI is InChI=1S/C10H17N3O2S/c1-7-5-8(13-15-7)6-12-10(14)9(11)3-4-16-2/h5,9H,3-4,6,11H2,1-2H3,(H,12,14)/t9-/m0/s1. The Kier molecular flexibility index (Phi) is 5.34. The number of aryl methyl sites for hydroxylation is 1. The van der Waals surface area contributed by atoms with Gasteiger partial charge in [-0.25, -0.2) is 0 Å². The molecule has 6 heteroatoms. The normalized spacial score (nSPS) is 12.4. The lowest BCUT2D eigenvalue weighted by Gasteiger charge is -2.10. The van der Waals surface area contributed by atoms with Crippen LogP contribution in [0.3, 0.4) is 0 Å². The predicted molar refractivity (Wildman–Crippen MR) is 64.1 cm³/mol. The number of aromatic nitrogens is 1. The van der Waals surface area contributed by atoms with Crippen molar-refractivity contribution >= 4 is 17.7 Å². The molecule has 1 aromatic heterocycles. The zero-order chi connectivity index (χ0) is 12.0. The van der Waals surface area contributed by atoms with Gasteiger partial charge < -0.3 is 15.6 Å². The minimum Gasteiger partial charge on any atom is -0.361 e. The van der Waals surface area contributed by atoms with Crippen LogP contribution in [0.15, 0.2) is 10.6 Å². The molecule has 1 amide bonds. The van der Waals surface area contributed by atoms with E-state index < -0.39 is 6.04 Å². The van der Waals surface area contributed by atoms with E-state index >= 15 is 0 Å². The number of amides is 1. The SMILES string of the molecule is CSCC[C@H](N)C(=O)NCc1cc(C)on1. The minimum atomic E-state index is -0.444. The molecule has 5 nitrogen and oxygen atoms in total. The second-order valence-electron chi connectivity index (χ2n) is 3.53. The quantitative estimate of drug-likeness (QED) is 0.768. The van der Waals surface area contributed by atoms with Gasteiger partial charge in [0.2, 0.25) is 5.91 Å². The Morgan fingerprint density at radius 3 is 3.06 bits per heavy atom. The molecule has 0 bridgehead atoms. The van der Waals surface area contributed by atoms with E-state index in [0.29, 0.717) is 18.7 Å². The van der Waals surface area contributed by atoms with Crippen LogP contribution in [0.1, 0.15) is 17.9 Å². The summed E-state index contributed by atoms with van der Waals surface area (Å²) in [4.78, 5) is 11.5. The first-order valence-corrected chi connectivity index (χ1v) is 6.47. The third-order valence-electron chi connectivity index (χ3n) is 2.09. The van der Waals surface area contributed by atoms with Crippen LogP contribution in [0.5, 0.6) is 0 Å². The number of hydrogen-bond acceptors (Lipinski definition) is 5. The molecule has 1 atom stereocenters. The Morgan fingerprint density at radius 1 is 1.75 bits per heavy atom. The summed E-state index contributed by atoms with van der Waals surface area (Å²) in [5, 5.41) is 6.50. The second kappa shape index (κ2) is 6.55. The van der Waals surface area contributed by atoms with Gasteiger partial charge >= 0.3 is 0 Å². The molecular formula is C10H17N3O2S. The van der Waals surface area contributed by atoms with E-state index in [1.807, 2.05) is 13.2 Å². The van der Waals surface area contributed by atoms with Gasteiger partial charge in [0.05, 0.1) is 12.6 Å². The maximum atomic E-state index is 11.5. The molecule has 0 saturated carbocycles. The number of nitrogens with one attached hydrogen (secondary N) is 1. The van der Waals surface area contributed by atoms with Crippen molar-refractivity contribution in [3.63, 3.8) is 0 Å². The Labute approximate surface area is 99.1 Å². The summed E-state index contributed by atoms with van der Waals surface area (Å²) in [6.07, 6.45) is 2.67. The predicted octanol–water partition coefficient (Wildman–Crippen LogP) is 0.680. The minimum absolute atomic E-state index is 0.144. The van der Waals surface area contributed by atoms with Crippen LogP contribution in [0.2, 0.25) is 0 Å². The zero-order valence-corrected chi connectivity index (χ0v) is 10.3. The molecule has 0 aromatic carbocycles. The van der Waals surface area contributed by atoms with Gasteiger partial charge in [0.1, 0.15) is 11.5 Å². The average molecular weight is 243 g/mol. The van der Waals surface area contributed by atoms with Crippen molar-refractivity contribution in [3.8, 4) is 0 Å². The fraction of sp³-hybridized carbons (Fsp3) is 0.600. The fourth-order valence-corrected chi connectivity index (χ4v) is 1.68. The number of nitrogens with zero attached hydrogens (tertiary/aromatic N) is 1. The highest BCUT2D eigenvalue weighted by atomic mass is 32.2. The van der Waals surface area contributed by atoms with Gasteiger partial charge in [-0.05, 0) is 25.4 Å². The lowest BCUT2D eigenvalue weighted by atomic mass is 10.2. The molecule has 0 aliphatic heterocycles. The van der Waals surface area contributed by atoms with Gasteiger partial charge in [0.15, 0.2) is 0 Å². The van der Waals surface area contributed by atoms with E-state index in [1.165, 1.54) is 0 Å². The molecule has 0 saturated heterocycles. The third-order valence-corrected chi connectivity index (χ3v) is 2.73. The van der Waals surface area contributed by atoms with Crippen molar-refractivity contribution in [2.24, 2.45) is 5.73 Å².